The highest BCUT2D eigenvalue weighted by Gasteiger charge is 2.16. The maximum absolute atomic E-state index is 11.4. The van der Waals surface area contributed by atoms with Crippen molar-refractivity contribution in [2.24, 2.45) is 0 Å². The molecule has 0 aliphatic heterocycles. The van der Waals surface area contributed by atoms with E-state index in [0.29, 0.717) is 5.56 Å². The molecule has 0 saturated carbocycles. The van der Waals surface area contributed by atoms with Crippen LogP contribution in [0.2, 0.25) is 0 Å². The molecular weight excluding hydrogens is 212 g/mol. The molecule has 1 aromatic rings. The third kappa shape index (κ3) is 2.43. The maximum Gasteiger partial charge on any atom is 0.341 e. The van der Waals surface area contributed by atoms with E-state index in [1.807, 2.05) is 0 Å². The van der Waals surface area contributed by atoms with Gasteiger partial charge >= 0.3 is 5.97 Å². The van der Waals surface area contributed by atoms with Crippen LogP contribution >= 0.6 is 0 Å². The van der Waals surface area contributed by atoms with E-state index in [1.165, 1.54) is 26.4 Å². The van der Waals surface area contributed by atoms with Crippen molar-refractivity contribution in [2.75, 3.05) is 20.8 Å². The summed E-state index contributed by atoms with van der Waals surface area (Å²) in [5, 5.41) is 18.4. The first-order valence-corrected chi connectivity index (χ1v) is 4.73. The van der Waals surface area contributed by atoms with Gasteiger partial charge in [-0.3, -0.25) is 0 Å². The summed E-state index contributed by atoms with van der Waals surface area (Å²) in [6.07, 6.45) is 0.264. The lowest BCUT2D eigenvalue weighted by molar-refractivity contribution is 0.0597. The lowest BCUT2D eigenvalue weighted by atomic mass is 10.1. The van der Waals surface area contributed by atoms with Crippen LogP contribution in [0.3, 0.4) is 0 Å². The molecule has 1 aromatic carbocycles. The molecule has 0 bridgehead atoms. The molecule has 0 fully saturated rings. The number of rotatable bonds is 4. The molecule has 0 atom stereocenters. The lowest BCUT2D eigenvalue weighted by Crippen LogP contribution is -2.05. The van der Waals surface area contributed by atoms with Gasteiger partial charge in [0.1, 0.15) is 17.1 Å². The van der Waals surface area contributed by atoms with Crippen LogP contribution in [0.4, 0.5) is 0 Å². The Morgan fingerprint density at radius 2 is 2.06 bits per heavy atom. The quantitative estimate of drug-likeness (QED) is 0.740. The van der Waals surface area contributed by atoms with Crippen molar-refractivity contribution >= 4 is 5.97 Å². The van der Waals surface area contributed by atoms with Gasteiger partial charge in [0, 0.05) is 12.7 Å². The van der Waals surface area contributed by atoms with Crippen LogP contribution < -0.4 is 4.74 Å². The van der Waals surface area contributed by atoms with E-state index in [-0.39, 0.29) is 30.1 Å². The predicted molar refractivity (Wildman–Crippen MR) is 56.8 cm³/mol. The van der Waals surface area contributed by atoms with Gasteiger partial charge in [-0.25, -0.2) is 4.79 Å². The average Bonchev–Trinajstić information content (AvgIpc) is 2.30. The van der Waals surface area contributed by atoms with Gasteiger partial charge < -0.3 is 19.7 Å². The van der Waals surface area contributed by atoms with E-state index in [9.17, 15) is 9.90 Å². The lowest BCUT2D eigenvalue weighted by Gasteiger charge is -2.10. The van der Waals surface area contributed by atoms with E-state index < -0.39 is 5.97 Å². The van der Waals surface area contributed by atoms with Crippen LogP contribution in [0.5, 0.6) is 11.5 Å². The summed E-state index contributed by atoms with van der Waals surface area (Å²) >= 11 is 0. The first-order chi connectivity index (χ1) is 7.63. The molecule has 5 heteroatoms. The van der Waals surface area contributed by atoms with Crippen molar-refractivity contribution in [2.45, 2.75) is 6.42 Å². The predicted octanol–water partition coefficient (Wildman–Crippen LogP) is 0.722. The normalized spacial score (nSPS) is 9.94. The number of carbonyl (C=O) groups excluding carboxylic acids is 1. The number of ether oxygens (including phenoxy) is 2. The van der Waals surface area contributed by atoms with Crippen LogP contribution in [0, 0.1) is 0 Å². The molecule has 0 radical (unpaired) electrons. The van der Waals surface area contributed by atoms with Gasteiger partial charge in [-0.05, 0) is 18.1 Å². The van der Waals surface area contributed by atoms with Gasteiger partial charge in [-0.2, -0.15) is 0 Å². The second-order valence-corrected chi connectivity index (χ2v) is 3.15. The fourth-order valence-corrected chi connectivity index (χ4v) is 1.37. The Hall–Kier alpha value is -1.75. The second kappa shape index (κ2) is 5.37. The zero-order chi connectivity index (χ0) is 12.1. The summed E-state index contributed by atoms with van der Waals surface area (Å²) in [6.45, 7) is -0.111. The molecule has 0 saturated heterocycles. The number of hydrogen-bond donors (Lipinski definition) is 2. The molecule has 0 aliphatic carbocycles. The minimum Gasteiger partial charge on any atom is -0.508 e. The molecule has 0 heterocycles. The standard InChI is InChI=1S/C11H14O5/c1-15-10-6-9(13)7(3-4-12)5-8(10)11(14)16-2/h5-6,12-13H,3-4H2,1-2H3. The van der Waals surface area contributed by atoms with Crippen LogP contribution in [0.15, 0.2) is 12.1 Å². The van der Waals surface area contributed by atoms with E-state index in [4.69, 9.17) is 9.84 Å². The Labute approximate surface area is 93.2 Å². The number of benzene rings is 1. The summed E-state index contributed by atoms with van der Waals surface area (Å²) in [6, 6.07) is 2.79. The molecule has 88 valence electrons. The topological polar surface area (TPSA) is 76.0 Å². The van der Waals surface area contributed by atoms with Gasteiger partial charge in [0.15, 0.2) is 0 Å². The summed E-state index contributed by atoms with van der Waals surface area (Å²) < 4.78 is 9.55. The van der Waals surface area contributed by atoms with E-state index in [2.05, 4.69) is 4.74 Å². The summed E-state index contributed by atoms with van der Waals surface area (Å²) in [7, 11) is 2.66. The van der Waals surface area contributed by atoms with Gasteiger partial charge in [-0.1, -0.05) is 0 Å². The smallest absolute Gasteiger partial charge is 0.341 e. The SMILES string of the molecule is COC(=O)c1cc(CCO)c(O)cc1OC. The van der Waals surface area contributed by atoms with Crippen molar-refractivity contribution in [1.82, 2.24) is 0 Å². The zero-order valence-electron chi connectivity index (χ0n) is 9.19. The molecule has 1 rings (SSSR count). The molecule has 2 N–H and O–H groups in total. The number of aromatic hydroxyl groups is 1. The fraction of sp³-hybridized carbons (Fsp3) is 0.364. The van der Waals surface area contributed by atoms with Crippen molar-refractivity contribution in [3.63, 3.8) is 0 Å². The number of carbonyl (C=O) groups is 1. The molecular formula is C11H14O5. The van der Waals surface area contributed by atoms with Crippen molar-refractivity contribution in [3.05, 3.63) is 23.3 Å². The molecule has 16 heavy (non-hydrogen) atoms. The number of phenols is 1. The number of phenolic OH excluding ortho intramolecular Hbond substituents is 1. The van der Waals surface area contributed by atoms with Gasteiger partial charge in [-0.15, -0.1) is 0 Å². The number of hydrogen-bond acceptors (Lipinski definition) is 5. The number of aliphatic hydroxyl groups is 1. The monoisotopic (exact) mass is 226 g/mol. The first-order valence-electron chi connectivity index (χ1n) is 4.73. The van der Waals surface area contributed by atoms with Crippen molar-refractivity contribution < 1.29 is 24.5 Å². The highest BCUT2D eigenvalue weighted by molar-refractivity contribution is 5.93. The largest absolute Gasteiger partial charge is 0.508 e. The Bertz CT molecular complexity index is 386. The second-order valence-electron chi connectivity index (χ2n) is 3.15. The number of methoxy groups -OCH3 is 2. The van der Waals surface area contributed by atoms with Crippen LogP contribution in [-0.4, -0.2) is 37.0 Å². The van der Waals surface area contributed by atoms with E-state index >= 15 is 0 Å². The first kappa shape index (κ1) is 12.3. The van der Waals surface area contributed by atoms with Gasteiger partial charge in [0.25, 0.3) is 0 Å². The van der Waals surface area contributed by atoms with E-state index in [0.717, 1.165) is 0 Å². The zero-order valence-corrected chi connectivity index (χ0v) is 9.19. The van der Waals surface area contributed by atoms with Gasteiger partial charge in [0.05, 0.1) is 14.2 Å². The van der Waals surface area contributed by atoms with Crippen LogP contribution in [0.1, 0.15) is 15.9 Å². The molecule has 0 aromatic heterocycles. The van der Waals surface area contributed by atoms with Gasteiger partial charge in [0.2, 0.25) is 0 Å². The van der Waals surface area contributed by atoms with Crippen LogP contribution in [0.25, 0.3) is 0 Å². The average molecular weight is 226 g/mol. The summed E-state index contributed by atoms with van der Waals surface area (Å²) in [5.74, 6) is -0.319. The Balaban J connectivity index is 3.22. The molecule has 0 spiro atoms. The minimum atomic E-state index is -0.545. The molecule has 5 nitrogen and oxygen atoms in total. The fourth-order valence-electron chi connectivity index (χ4n) is 1.37. The van der Waals surface area contributed by atoms with E-state index in [1.54, 1.807) is 0 Å². The third-order valence-electron chi connectivity index (χ3n) is 2.19. The van der Waals surface area contributed by atoms with Crippen molar-refractivity contribution in [1.29, 1.82) is 0 Å². The minimum absolute atomic E-state index is 0.0152. The highest BCUT2D eigenvalue weighted by atomic mass is 16.5. The Morgan fingerprint density at radius 1 is 1.38 bits per heavy atom. The van der Waals surface area contributed by atoms with Crippen molar-refractivity contribution in [3.8, 4) is 11.5 Å². The summed E-state index contributed by atoms with van der Waals surface area (Å²) in [5.41, 5.74) is 0.704. The summed E-state index contributed by atoms with van der Waals surface area (Å²) in [4.78, 5) is 11.4. The molecule has 0 unspecified atom stereocenters. The molecule has 0 amide bonds. The Morgan fingerprint density at radius 3 is 2.56 bits per heavy atom. The molecule has 0 aliphatic rings. The Kier molecular flexibility index (Phi) is 4.13. The third-order valence-corrected chi connectivity index (χ3v) is 2.19. The highest BCUT2D eigenvalue weighted by Crippen LogP contribution is 2.29. The number of esters is 1. The maximum atomic E-state index is 11.4. The van der Waals surface area contributed by atoms with Crippen LogP contribution in [-0.2, 0) is 11.2 Å². The number of aliphatic hydroxyl groups excluding tert-OH is 1.